The van der Waals surface area contributed by atoms with Crippen molar-refractivity contribution in [3.8, 4) is 0 Å². The van der Waals surface area contributed by atoms with Gasteiger partial charge in [0.15, 0.2) is 22.4 Å². The van der Waals surface area contributed by atoms with E-state index in [1.54, 1.807) is 166 Å². The first-order valence-electron chi connectivity index (χ1n) is 27.0. The number of Topliss-reactive ketones (excluding diaryl/α,β-unsaturated/α-hetero) is 4. The zero-order chi connectivity index (χ0) is 64.3. The number of carbonyl (C=O) groups is 8. The zero-order valence-corrected chi connectivity index (χ0v) is 56.0. The van der Waals surface area contributed by atoms with Gasteiger partial charge in [-0.2, -0.15) is 0 Å². The molecular formula is C56H100O24Zr. The molecule has 4 atom stereocenters. The minimum atomic E-state index is -2.11. The Morgan fingerprint density at radius 2 is 0.333 bits per heavy atom. The normalized spacial score (nSPS) is 15.0. The molecule has 0 aliphatic carbocycles. The van der Waals surface area contributed by atoms with Crippen LogP contribution in [0, 0.1) is 0 Å². The average Bonchev–Trinajstić information content (AvgIpc) is 3.25. The molecule has 0 saturated carbocycles. The van der Waals surface area contributed by atoms with Crippen molar-refractivity contribution in [2.24, 2.45) is 0 Å². The van der Waals surface area contributed by atoms with Crippen LogP contribution in [0.5, 0.6) is 0 Å². The van der Waals surface area contributed by atoms with Crippen molar-refractivity contribution in [3.05, 3.63) is 0 Å². The standard InChI is InChI=1S/4C14H26O6.Zr/c4*1-8(2)18-12(19-9(3)4)11(15)14(7,13(16)17)20-10(5)6;/h4*8-10,12H,1-7H3,(H,16,17);/q;;;;+4/p-4. The molecule has 0 aromatic rings. The summed E-state index contributed by atoms with van der Waals surface area (Å²) in [6.45, 7) is 45.3. The molecular weight excluding hydrogens is 1150 g/mol. The van der Waals surface area contributed by atoms with Gasteiger partial charge >= 0.3 is 26.2 Å². The van der Waals surface area contributed by atoms with E-state index in [0.29, 0.717) is 0 Å². The van der Waals surface area contributed by atoms with Gasteiger partial charge in [0.25, 0.3) is 0 Å². The third-order valence-electron chi connectivity index (χ3n) is 9.35. The number of ether oxygens (including phenoxy) is 12. The molecule has 0 aliphatic rings. The Bertz CT molecular complexity index is 1580. The molecule has 0 radical (unpaired) electrons. The smallest absolute Gasteiger partial charge is 0.546 e. The predicted octanol–water partition coefficient (Wildman–Crippen LogP) is 2.66. The maximum Gasteiger partial charge on any atom is 4.00 e. The molecule has 0 bridgehead atoms. The van der Waals surface area contributed by atoms with Crippen LogP contribution in [0.15, 0.2) is 0 Å². The number of hydrogen-bond donors (Lipinski definition) is 0. The molecule has 25 heteroatoms. The van der Waals surface area contributed by atoms with E-state index >= 15 is 0 Å². The van der Waals surface area contributed by atoms with Crippen LogP contribution in [0.1, 0.15) is 194 Å². The molecule has 0 N–H and O–H groups in total. The van der Waals surface area contributed by atoms with Gasteiger partial charge in [-0.1, -0.05) is 0 Å². The van der Waals surface area contributed by atoms with Crippen LogP contribution in [0.4, 0.5) is 0 Å². The van der Waals surface area contributed by atoms with E-state index in [0.717, 1.165) is 27.7 Å². The van der Waals surface area contributed by atoms with Gasteiger partial charge in [0.2, 0.25) is 48.3 Å². The van der Waals surface area contributed by atoms with E-state index < -0.39 is 119 Å². The van der Waals surface area contributed by atoms with Gasteiger partial charge in [0, 0.05) is 0 Å². The molecule has 0 aromatic carbocycles. The van der Waals surface area contributed by atoms with Gasteiger partial charge < -0.3 is 96.4 Å². The second-order valence-electron chi connectivity index (χ2n) is 22.2. The van der Waals surface area contributed by atoms with E-state index in [4.69, 9.17) is 56.8 Å². The van der Waals surface area contributed by atoms with Crippen LogP contribution < -0.4 is 20.4 Å². The number of carboxylic acid groups (broad SMARTS) is 4. The molecule has 24 nitrogen and oxygen atoms in total. The van der Waals surface area contributed by atoms with Gasteiger partial charge in [-0.15, -0.1) is 0 Å². The molecule has 0 fully saturated rings. The predicted molar refractivity (Wildman–Crippen MR) is 283 cm³/mol. The minimum absolute atomic E-state index is 0. The zero-order valence-electron chi connectivity index (χ0n) is 53.5. The Kier molecular flexibility index (Phi) is 43.2. The Morgan fingerprint density at radius 3 is 0.395 bits per heavy atom. The minimum Gasteiger partial charge on any atom is -0.546 e. The largest absolute Gasteiger partial charge is 4.00 e. The van der Waals surface area contributed by atoms with Crippen LogP contribution in [0.25, 0.3) is 0 Å². The van der Waals surface area contributed by atoms with Crippen molar-refractivity contribution in [2.75, 3.05) is 0 Å². The van der Waals surface area contributed by atoms with Crippen molar-refractivity contribution < 1.29 is 142 Å². The van der Waals surface area contributed by atoms with Crippen LogP contribution in [0.3, 0.4) is 0 Å². The maximum absolute atomic E-state index is 12.4. The van der Waals surface area contributed by atoms with Gasteiger partial charge in [-0.25, -0.2) is 0 Å². The van der Waals surface area contributed by atoms with E-state index in [1.807, 2.05) is 0 Å². The third-order valence-corrected chi connectivity index (χ3v) is 9.35. The number of aliphatic carboxylic acids is 4. The van der Waals surface area contributed by atoms with Gasteiger partial charge in [-0.05, 0) is 194 Å². The fraction of sp³-hybridized carbons (Fsp3) is 0.857. The monoisotopic (exact) mass is 1250 g/mol. The summed E-state index contributed by atoms with van der Waals surface area (Å²) in [5.41, 5.74) is -8.43. The third kappa shape index (κ3) is 33.9. The Morgan fingerprint density at radius 1 is 0.235 bits per heavy atom. The Labute approximate surface area is 501 Å². The van der Waals surface area contributed by atoms with Crippen LogP contribution in [0.2, 0.25) is 0 Å². The SMILES string of the molecule is CC(C)OC(OC(C)C)C(=O)C(C)(OC(C)C)C(=O)[O-].CC(C)OC(OC(C)C)C(=O)C(C)(OC(C)C)C(=O)[O-].CC(C)OC(OC(C)C)C(=O)C(C)(OC(C)C)C(=O)[O-].CC(C)OC(OC(C)C)C(=O)C(C)(OC(C)C)C(=O)[O-].[Zr+4]. The number of hydrogen-bond acceptors (Lipinski definition) is 24. The maximum atomic E-state index is 12.4. The summed E-state index contributed by atoms with van der Waals surface area (Å²) in [6, 6.07) is 0. The van der Waals surface area contributed by atoms with Gasteiger partial charge in [-0.3, -0.25) is 19.2 Å². The summed E-state index contributed by atoms with van der Waals surface area (Å²) in [6.07, 6.45) is -9.45. The van der Waals surface area contributed by atoms with Gasteiger partial charge in [0.1, 0.15) is 0 Å². The molecule has 81 heavy (non-hydrogen) atoms. The molecule has 0 aliphatic heterocycles. The second kappa shape index (κ2) is 40.3. The molecule has 0 aromatic heterocycles. The quantitative estimate of drug-likeness (QED) is 0.0643. The number of rotatable bonds is 36. The van der Waals surface area contributed by atoms with Crippen molar-refractivity contribution in [1.82, 2.24) is 0 Å². The van der Waals surface area contributed by atoms with Crippen molar-refractivity contribution >= 4 is 47.0 Å². The van der Waals surface area contributed by atoms with Crippen molar-refractivity contribution in [1.29, 1.82) is 0 Å². The average molecular weight is 1250 g/mol. The Hall–Kier alpha value is -3.04. The first kappa shape index (κ1) is 86.7. The molecule has 0 spiro atoms. The fourth-order valence-corrected chi connectivity index (χ4v) is 6.21. The molecule has 0 heterocycles. The van der Waals surface area contributed by atoms with Crippen LogP contribution >= 0.6 is 0 Å². The van der Waals surface area contributed by atoms with E-state index in [9.17, 15) is 58.8 Å². The molecule has 4 unspecified atom stereocenters. The van der Waals surface area contributed by atoms with Crippen LogP contribution in [-0.2, 0) is 121 Å². The summed E-state index contributed by atoms with van der Waals surface area (Å²) in [7, 11) is 0. The summed E-state index contributed by atoms with van der Waals surface area (Å²) in [4.78, 5) is 94.9. The number of ketones is 4. The number of carbonyl (C=O) groups excluding carboxylic acids is 8. The topological polar surface area (TPSA) is 340 Å². The molecule has 0 rings (SSSR count). The van der Waals surface area contributed by atoms with Crippen LogP contribution in [-0.4, -0.2) is 168 Å². The second-order valence-corrected chi connectivity index (χ2v) is 22.2. The summed E-state index contributed by atoms with van der Waals surface area (Å²) < 4.78 is 63.8. The molecule has 0 amide bonds. The molecule has 472 valence electrons. The summed E-state index contributed by atoms with van der Waals surface area (Å²) in [5.74, 6) is -9.69. The summed E-state index contributed by atoms with van der Waals surface area (Å²) in [5, 5.41) is 45.2. The van der Waals surface area contributed by atoms with E-state index in [2.05, 4.69) is 0 Å². The fourth-order valence-electron chi connectivity index (χ4n) is 6.21. The Balaban J connectivity index is -0.000000316. The summed E-state index contributed by atoms with van der Waals surface area (Å²) >= 11 is 0. The molecule has 0 saturated heterocycles. The van der Waals surface area contributed by atoms with Crippen molar-refractivity contribution in [2.45, 2.75) is 315 Å². The first-order chi connectivity index (χ1) is 36.0. The first-order valence-corrected chi connectivity index (χ1v) is 27.0. The number of carboxylic acids is 4. The van der Waals surface area contributed by atoms with Crippen molar-refractivity contribution in [3.63, 3.8) is 0 Å². The van der Waals surface area contributed by atoms with E-state index in [-0.39, 0.29) is 75.0 Å². The van der Waals surface area contributed by atoms with E-state index in [1.165, 1.54) is 0 Å². The van der Waals surface area contributed by atoms with Gasteiger partial charge in [0.05, 0.1) is 97.1 Å².